The summed E-state index contributed by atoms with van der Waals surface area (Å²) < 4.78 is 5.36. The van der Waals surface area contributed by atoms with E-state index in [-0.39, 0.29) is 12.0 Å². The summed E-state index contributed by atoms with van der Waals surface area (Å²) in [6.07, 6.45) is 2.12. The zero-order valence-corrected chi connectivity index (χ0v) is 8.94. The molecular weight excluding hydrogens is 208 g/mol. The highest BCUT2D eigenvalue weighted by Crippen LogP contribution is 2.15. The van der Waals surface area contributed by atoms with Crippen molar-refractivity contribution in [3.05, 3.63) is 6.07 Å². The second-order valence-electron chi connectivity index (χ2n) is 3.70. The molecule has 0 aromatic carbocycles. The van der Waals surface area contributed by atoms with E-state index in [9.17, 15) is 0 Å². The average Bonchev–Trinajstić information content (AvgIpc) is 2.29. The van der Waals surface area contributed by atoms with E-state index in [2.05, 4.69) is 20.7 Å². The van der Waals surface area contributed by atoms with Crippen molar-refractivity contribution in [2.45, 2.75) is 18.9 Å². The Labute approximate surface area is 93.6 Å². The number of nitrogen functional groups attached to an aromatic ring is 2. The number of nitrogens with two attached hydrogens (primary N) is 2. The van der Waals surface area contributed by atoms with Gasteiger partial charge >= 0.3 is 0 Å². The minimum Gasteiger partial charge on any atom is -0.379 e. The first-order valence-electron chi connectivity index (χ1n) is 5.23. The first kappa shape index (κ1) is 10.9. The Kier molecular flexibility index (Phi) is 3.37. The molecule has 0 amide bonds. The summed E-state index contributed by atoms with van der Waals surface area (Å²) in [6, 6.07) is 1.99. The van der Waals surface area contributed by atoms with Crippen LogP contribution in [0.5, 0.6) is 0 Å². The van der Waals surface area contributed by atoms with Crippen molar-refractivity contribution in [1.82, 2.24) is 9.97 Å². The summed E-state index contributed by atoms with van der Waals surface area (Å²) in [5.74, 6) is 6.62. The standard InChI is InChI=1S/C9H16N6O/c10-9-13-7(4-8(14-9)15-11)12-6-2-1-3-16-5-6/h4,6H,1-3,5,11H2,(H4,10,12,13,14,15). The fourth-order valence-electron chi connectivity index (χ4n) is 1.68. The number of hydrazine groups is 1. The van der Waals surface area contributed by atoms with Crippen LogP contribution in [0.15, 0.2) is 6.07 Å². The van der Waals surface area contributed by atoms with Gasteiger partial charge in [0.1, 0.15) is 11.6 Å². The SMILES string of the molecule is NNc1cc(NC2CCCOC2)nc(N)n1. The van der Waals surface area contributed by atoms with Crippen LogP contribution >= 0.6 is 0 Å². The molecule has 1 atom stereocenters. The number of hydrogen-bond donors (Lipinski definition) is 4. The van der Waals surface area contributed by atoms with Gasteiger partial charge in [-0.3, -0.25) is 0 Å². The maximum absolute atomic E-state index is 5.55. The molecule has 1 aliphatic rings. The van der Waals surface area contributed by atoms with Crippen LogP contribution in [-0.2, 0) is 4.74 Å². The minimum atomic E-state index is 0.190. The van der Waals surface area contributed by atoms with Crippen molar-refractivity contribution < 1.29 is 4.74 Å². The highest BCUT2D eigenvalue weighted by atomic mass is 16.5. The van der Waals surface area contributed by atoms with Crippen LogP contribution in [0, 0.1) is 0 Å². The molecule has 7 heteroatoms. The molecule has 88 valence electrons. The van der Waals surface area contributed by atoms with Gasteiger partial charge in [-0.2, -0.15) is 9.97 Å². The van der Waals surface area contributed by atoms with Gasteiger partial charge in [0.05, 0.1) is 12.6 Å². The van der Waals surface area contributed by atoms with Crippen LogP contribution in [-0.4, -0.2) is 29.2 Å². The fraction of sp³-hybridized carbons (Fsp3) is 0.556. The Bertz CT molecular complexity index is 352. The molecule has 0 bridgehead atoms. The second kappa shape index (κ2) is 4.95. The van der Waals surface area contributed by atoms with Crippen LogP contribution in [0.25, 0.3) is 0 Å². The van der Waals surface area contributed by atoms with Crippen molar-refractivity contribution in [2.75, 3.05) is 29.7 Å². The first-order chi connectivity index (χ1) is 7.78. The zero-order valence-electron chi connectivity index (χ0n) is 8.94. The van der Waals surface area contributed by atoms with Gasteiger partial charge in [-0.25, -0.2) is 5.84 Å². The number of anilines is 3. The summed E-state index contributed by atoms with van der Waals surface area (Å²) in [7, 11) is 0. The fourth-order valence-corrected chi connectivity index (χ4v) is 1.68. The maximum atomic E-state index is 5.55. The largest absolute Gasteiger partial charge is 0.379 e. The highest BCUT2D eigenvalue weighted by Gasteiger charge is 2.14. The van der Waals surface area contributed by atoms with Gasteiger partial charge in [-0.15, -0.1) is 0 Å². The van der Waals surface area contributed by atoms with Gasteiger partial charge < -0.3 is 21.2 Å². The number of rotatable bonds is 3. The van der Waals surface area contributed by atoms with Gasteiger partial charge in [0, 0.05) is 12.7 Å². The van der Waals surface area contributed by atoms with Crippen LogP contribution in [0.3, 0.4) is 0 Å². The molecule has 0 saturated carbocycles. The molecule has 2 rings (SSSR count). The first-order valence-corrected chi connectivity index (χ1v) is 5.23. The van der Waals surface area contributed by atoms with Crippen LogP contribution in [0.4, 0.5) is 17.6 Å². The lowest BCUT2D eigenvalue weighted by atomic mass is 10.1. The van der Waals surface area contributed by atoms with E-state index < -0.39 is 0 Å². The molecule has 1 fully saturated rings. The monoisotopic (exact) mass is 224 g/mol. The van der Waals surface area contributed by atoms with E-state index in [4.69, 9.17) is 16.3 Å². The van der Waals surface area contributed by atoms with Crippen LogP contribution in [0.2, 0.25) is 0 Å². The second-order valence-corrected chi connectivity index (χ2v) is 3.70. The van der Waals surface area contributed by atoms with Crippen molar-refractivity contribution in [2.24, 2.45) is 5.84 Å². The molecule has 1 unspecified atom stereocenters. The third-order valence-corrected chi connectivity index (χ3v) is 2.40. The lowest BCUT2D eigenvalue weighted by Crippen LogP contribution is -2.30. The van der Waals surface area contributed by atoms with Crippen LogP contribution in [0.1, 0.15) is 12.8 Å². The molecule has 1 aromatic heterocycles. The molecule has 1 aromatic rings. The van der Waals surface area contributed by atoms with Crippen molar-refractivity contribution in [3.63, 3.8) is 0 Å². The van der Waals surface area contributed by atoms with Gasteiger partial charge in [0.25, 0.3) is 0 Å². The molecule has 1 aliphatic heterocycles. The topological polar surface area (TPSA) is 111 Å². The smallest absolute Gasteiger partial charge is 0.223 e. The van der Waals surface area contributed by atoms with Gasteiger partial charge in [-0.05, 0) is 12.8 Å². The molecule has 2 heterocycles. The third kappa shape index (κ3) is 2.71. The number of ether oxygens (including phenoxy) is 1. The number of aromatic nitrogens is 2. The van der Waals surface area contributed by atoms with Crippen molar-refractivity contribution >= 4 is 17.6 Å². The van der Waals surface area contributed by atoms with E-state index >= 15 is 0 Å². The molecule has 6 N–H and O–H groups in total. The molecule has 0 aliphatic carbocycles. The molecule has 0 radical (unpaired) electrons. The summed E-state index contributed by atoms with van der Waals surface area (Å²) in [4.78, 5) is 7.99. The van der Waals surface area contributed by atoms with Crippen molar-refractivity contribution in [3.8, 4) is 0 Å². The van der Waals surface area contributed by atoms with Crippen molar-refractivity contribution in [1.29, 1.82) is 0 Å². The molecule has 0 spiro atoms. The number of hydrogen-bond acceptors (Lipinski definition) is 7. The lowest BCUT2D eigenvalue weighted by Gasteiger charge is -2.23. The summed E-state index contributed by atoms with van der Waals surface area (Å²) in [5.41, 5.74) is 7.99. The predicted octanol–water partition coefficient (Wildman–Crippen LogP) is -0.0647. The highest BCUT2D eigenvalue weighted by molar-refractivity contribution is 5.50. The van der Waals surface area contributed by atoms with Gasteiger partial charge in [-0.1, -0.05) is 0 Å². The van der Waals surface area contributed by atoms with E-state index in [0.717, 1.165) is 19.4 Å². The maximum Gasteiger partial charge on any atom is 0.223 e. The minimum absolute atomic E-state index is 0.190. The molecular formula is C9H16N6O. The molecule has 1 saturated heterocycles. The quantitative estimate of drug-likeness (QED) is 0.420. The Hall–Kier alpha value is -1.60. The molecule has 16 heavy (non-hydrogen) atoms. The Morgan fingerprint density at radius 1 is 1.38 bits per heavy atom. The Morgan fingerprint density at radius 2 is 2.19 bits per heavy atom. The zero-order chi connectivity index (χ0) is 11.4. The molecule has 7 nitrogen and oxygen atoms in total. The van der Waals surface area contributed by atoms with E-state index in [1.54, 1.807) is 6.07 Å². The summed E-state index contributed by atoms with van der Waals surface area (Å²) >= 11 is 0. The number of nitrogens with zero attached hydrogens (tertiary/aromatic N) is 2. The van der Waals surface area contributed by atoms with E-state index in [0.29, 0.717) is 18.2 Å². The van der Waals surface area contributed by atoms with E-state index in [1.165, 1.54) is 0 Å². The third-order valence-electron chi connectivity index (χ3n) is 2.40. The van der Waals surface area contributed by atoms with Gasteiger partial charge in [0.15, 0.2) is 0 Å². The lowest BCUT2D eigenvalue weighted by molar-refractivity contribution is 0.0875. The van der Waals surface area contributed by atoms with Gasteiger partial charge in [0.2, 0.25) is 5.95 Å². The number of nitrogens with one attached hydrogen (secondary N) is 2. The van der Waals surface area contributed by atoms with Crippen LogP contribution < -0.4 is 22.3 Å². The predicted molar refractivity (Wildman–Crippen MR) is 61.7 cm³/mol. The Morgan fingerprint density at radius 3 is 2.88 bits per heavy atom. The summed E-state index contributed by atoms with van der Waals surface area (Å²) in [5, 5.41) is 3.24. The Balaban J connectivity index is 2.04. The van der Waals surface area contributed by atoms with E-state index in [1.807, 2.05) is 0 Å². The summed E-state index contributed by atoms with van der Waals surface area (Å²) in [6.45, 7) is 1.52. The average molecular weight is 224 g/mol. The normalized spacial score (nSPS) is 20.4.